The summed E-state index contributed by atoms with van der Waals surface area (Å²) in [6.45, 7) is 6.71. The van der Waals surface area contributed by atoms with Gasteiger partial charge in [-0.25, -0.2) is 9.97 Å². The van der Waals surface area contributed by atoms with E-state index in [0.717, 1.165) is 27.5 Å². The lowest BCUT2D eigenvalue weighted by Crippen LogP contribution is -2.29. The highest BCUT2D eigenvalue weighted by Crippen LogP contribution is 2.35. The molecular formula is C22H22N6O2S. The molecule has 2 N–H and O–H groups in total. The fourth-order valence-electron chi connectivity index (χ4n) is 2.94. The van der Waals surface area contributed by atoms with Gasteiger partial charge in [0.2, 0.25) is 5.95 Å². The molecule has 0 spiro atoms. The molecule has 0 atom stereocenters. The molecule has 0 saturated carbocycles. The first-order valence-electron chi connectivity index (χ1n) is 9.82. The summed E-state index contributed by atoms with van der Waals surface area (Å²) >= 11 is 1.65. The van der Waals surface area contributed by atoms with Gasteiger partial charge in [-0.1, -0.05) is 5.16 Å². The lowest BCUT2D eigenvalue weighted by atomic mass is 10.1. The van der Waals surface area contributed by atoms with Crippen LogP contribution >= 0.6 is 11.3 Å². The molecule has 0 fully saturated rings. The number of hydrogen-bond acceptors (Lipinski definition) is 8. The molecule has 0 aliphatic rings. The molecular weight excluding hydrogens is 412 g/mol. The lowest BCUT2D eigenvalue weighted by Gasteiger charge is -2.10. The summed E-state index contributed by atoms with van der Waals surface area (Å²) in [7, 11) is 0. The minimum atomic E-state index is -0.166. The van der Waals surface area contributed by atoms with Crippen LogP contribution in [0.5, 0.6) is 0 Å². The van der Waals surface area contributed by atoms with Gasteiger partial charge in [0, 0.05) is 42.1 Å². The number of carbonyl (C=O) groups is 1. The summed E-state index contributed by atoms with van der Waals surface area (Å²) < 4.78 is 5.44. The summed E-state index contributed by atoms with van der Waals surface area (Å²) in [6.07, 6.45) is 3.30. The first kappa shape index (κ1) is 20.7. The average molecular weight is 435 g/mol. The van der Waals surface area contributed by atoms with Gasteiger partial charge in [0.15, 0.2) is 5.76 Å². The number of rotatable bonds is 7. The van der Waals surface area contributed by atoms with E-state index in [1.807, 2.05) is 32.0 Å². The first-order chi connectivity index (χ1) is 15.0. The van der Waals surface area contributed by atoms with E-state index in [0.29, 0.717) is 30.4 Å². The number of aryl methyl sites for hydroxylation is 3. The Morgan fingerprint density at radius 1 is 1.03 bits per heavy atom. The van der Waals surface area contributed by atoms with E-state index < -0.39 is 0 Å². The van der Waals surface area contributed by atoms with Crippen molar-refractivity contribution in [3.8, 4) is 21.9 Å². The second-order valence-electron chi connectivity index (χ2n) is 7.07. The molecule has 0 radical (unpaired) electrons. The third-order valence-electron chi connectivity index (χ3n) is 4.52. The Hall–Kier alpha value is -3.59. The highest BCUT2D eigenvalue weighted by molar-refractivity contribution is 7.15. The van der Waals surface area contributed by atoms with Crippen molar-refractivity contribution >= 4 is 23.2 Å². The molecule has 158 valence electrons. The SMILES string of the molecule is Cc1ccc(C(=O)NCCNc2ncc(-c3cc(C)no3)c(-c3ccc(C)s3)n2)cn1. The van der Waals surface area contributed by atoms with Gasteiger partial charge in [0.25, 0.3) is 5.91 Å². The molecule has 1 amide bonds. The van der Waals surface area contributed by atoms with Gasteiger partial charge in [0.05, 0.1) is 27.4 Å². The number of thiophene rings is 1. The zero-order valence-corrected chi connectivity index (χ0v) is 18.3. The quantitative estimate of drug-likeness (QED) is 0.423. The van der Waals surface area contributed by atoms with Crippen LogP contribution in [0.4, 0.5) is 5.95 Å². The fourth-order valence-corrected chi connectivity index (χ4v) is 3.81. The number of pyridine rings is 1. The predicted octanol–water partition coefficient (Wildman–Crippen LogP) is 4.02. The number of nitrogens with one attached hydrogen (secondary N) is 2. The van der Waals surface area contributed by atoms with Crippen molar-refractivity contribution in [3.63, 3.8) is 0 Å². The van der Waals surface area contributed by atoms with E-state index in [9.17, 15) is 4.79 Å². The molecule has 4 heterocycles. The Bertz CT molecular complexity index is 1200. The predicted molar refractivity (Wildman–Crippen MR) is 120 cm³/mol. The summed E-state index contributed by atoms with van der Waals surface area (Å²) in [4.78, 5) is 27.7. The minimum Gasteiger partial charge on any atom is -0.356 e. The Balaban J connectivity index is 1.45. The standard InChI is InChI=1S/C22H22N6O2S/c1-13-4-6-16(11-25-13)21(29)23-8-9-24-22-26-12-17(18-10-14(2)28-30-18)20(27-22)19-7-5-15(3)31-19/h4-7,10-12H,8-9H2,1-3H3,(H,23,29)(H,24,26,27). The summed E-state index contributed by atoms with van der Waals surface area (Å²) in [5, 5.41) is 10.0. The molecule has 0 aliphatic heterocycles. The molecule has 0 bridgehead atoms. The topological polar surface area (TPSA) is 106 Å². The van der Waals surface area contributed by atoms with Crippen LogP contribution in [0.3, 0.4) is 0 Å². The third kappa shape index (κ3) is 4.95. The summed E-state index contributed by atoms with van der Waals surface area (Å²) in [5.41, 5.74) is 3.76. The Labute approximate surface area is 183 Å². The number of amides is 1. The maximum absolute atomic E-state index is 12.2. The molecule has 4 rings (SSSR count). The summed E-state index contributed by atoms with van der Waals surface area (Å²) in [5.74, 6) is 0.942. The van der Waals surface area contributed by atoms with Crippen LogP contribution in [-0.4, -0.2) is 39.1 Å². The van der Waals surface area contributed by atoms with Crippen LogP contribution in [0.2, 0.25) is 0 Å². The van der Waals surface area contributed by atoms with E-state index in [1.54, 1.807) is 29.8 Å². The smallest absolute Gasteiger partial charge is 0.252 e. The average Bonchev–Trinajstić information content (AvgIpc) is 3.39. The Morgan fingerprint density at radius 3 is 2.58 bits per heavy atom. The monoisotopic (exact) mass is 434 g/mol. The molecule has 0 unspecified atom stereocenters. The van der Waals surface area contributed by atoms with Crippen LogP contribution in [0, 0.1) is 20.8 Å². The van der Waals surface area contributed by atoms with Gasteiger partial charge in [-0.3, -0.25) is 9.78 Å². The fraction of sp³-hybridized carbons (Fsp3) is 0.227. The van der Waals surface area contributed by atoms with Crippen molar-refractivity contribution in [2.24, 2.45) is 0 Å². The molecule has 0 aliphatic carbocycles. The van der Waals surface area contributed by atoms with Crippen LogP contribution in [0.25, 0.3) is 21.9 Å². The summed E-state index contributed by atoms with van der Waals surface area (Å²) in [6, 6.07) is 9.53. The van der Waals surface area contributed by atoms with Gasteiger partial charge in [-0.15, -0.1) is 11.3 Å². The molecule has 8 nitrogen and oxygen atoms in total. The number of anilines is 1. The second kappa shape index (κ2) is 9.05. The van der Waals surface area contributed by atoms with Gasteiger partial charge in [0.1, 0.15) is 0 Å². The van der Waals surface area contributed by atoms with Gasteiger partial charge >= 0.3 is 0 Å². The number of hydrogen-bond donors (Lipinski definition) is 2. The molecule has 4 aromatic heterocycles. The number of nitrogens with zero attached hydrogens (tertiary/aromatic N) is 4. The van der Waals surface area contributed by atoms with Gasteiger partial charge < -0.3 is 15.2 Å². The van der Waals surface area contributed by atoms with E-state index in [4.69, 9.17) is 9.51 Å². The van der Waals surface area contributed by atoms with Crippen LogP contribution in [0.1, 0.15) is 26.6 Å². The molecule has 31 heavy (non-hydrogen) atoms. The Morgan fingerprint density at radius 2 is 1.90 bits per heavy atom. The molecule has 0 saturated heterocycles. The van der Waals surface area contributed by atoms with Crippen LogP contribution in [-0.2, 0) is 0 Å². The van der Waals surface area contributed by atoms with Crippen molar-refractivity contribution in [3.05, 3.63) is 64.6 Å². The van der Waals surface area contributed by atoms with E-state index in [-0.39, 0.29) is 5.91 Å². The largest absolute Gasteiger partial charge is 0.356 e. The molecule has 9 heteroatoms. The van der Waals surface area contributed by atoms with Crippen molar-refractivity contribution in [1.29, 1.82) is 0 Å². The van der Waals surface area contributed by atoms with Crippen LogP contribution in [0.15, 0.2) is 47.2 Å². The zero-order valence-electron chi connectivity index (χ0n) is 17.5. The van der Waals surface area contributed by atoms with E-state index in [2.05, 4.69) is 38.7 Å². The Kier molecular flexibility index (Phi) is 6.03. The van der Waals surface area contributed by atoms with Gasteiger partial charge in [-0.2, -0.15) is 0 Å². The zero-order chi connectivity index (χ0) is 21.8. The highest BCUT2D eigenvalue weighted by atomic mass is 32.1. The van der Waals surface area contributed by atoms with Crippen molar-refractivity contribution in [2.75, 3.05) is 18.4 Å². The maximum Gasteiger partial charge on any atom is 0.252 e. The van der Waals surface area contributed by atoms with Gasteiger partial charge in [-0.05, 0) is 45.0 Å². The van der Waals surface area contributed by atoms with E-state index in [1.165, 1.54) is 4.88 Å². The van der Waals surface area contributed by atoms with E-state index >= 15 is 0 Å². The highest BCUT2D eigenvalue weighted by Gasteiger charge is 2.16. The normalized spacial score (nSPS) is 10.8. The number of aromatic nitrogens is 4. The maximum atomic E-state index is 12.2. The first-order valence-corrected chi connectivity index (χ1v) is 10.6. The minimum absolute atomic E-state index is 0.166. The van der Waals surface area contributed by atoms with Crippen LogP contribution < -0.4 is 10.6 Å². The second-order valence-corrected chi connectivity index (χ2v) is 8.36. The molecule has 0 aromatic carbocycles. The third-order valence-corrected chi connectivity index (χ3v) is 5.53. The lowest BCUT2D eigenvalue weighted by molar-refractivity contribution is 0.0955. The van der Waals surface area contributed by atoms with Crippen molar-refractivity contribution < 1.29 is 9.32 Å². The molecule has 4 aromatic rings. The number of carbonyl (C=O) groups excluding carboxylic acids is 1. The van der Waals surface area contributed by atoms with Crippen molar-refractivity contribution in [1.82, 2.24) is 25.4 Å². The van der Waals surface area contributed by atoms with Crippen molar-refractivity contribution in [2.45, 2.75) is 20.8 Å².